The van der Waals surface area contributed by atoms with Crippen LogP contribution in [0.2, 0.25) is 0 Å². The van der Waals surface area contributed by atoms with Crippen LogP contribution < -0.4 is 0 Å². The van der Waals surface area contributed by atoms with Crippen molar-refractivity contribution < 1.29 is 24.0 Å². The molecule has 0 unspecified atom stereocenters. The second-order valence-electron chi connectivity index (χ2n) is 3.85. The van der Waals surface area contributed by atoms with Crippen LogP contribution in [0.5, 0.6) is 0 Å². The van der Waals surface area contributed by atoms with Gasteiger partial charge in [0.15, 0.2) is 12.4 Å². The lowest BCUT2D eigenvalue weighted by atomic mass is 10.1. The molecule has 0 atom stereocenters. The molecule has 0 aromatic heterocycles. The number of nitro benzene ring substituents is 1. The van der Waals surface area contributed by atoms with E-state index in [0.29, 0.717) is 6.07 Å². The largest absolute Gasteiger partial charge is 0.505 e. The van der Waals surface area contributed by atoms with Gasteiger partial charge in [-0.25, -0.2) is 4.39 Å². The topological polar surface area (TPSA) is 89.7 Å². The number of nitro groups is 1. The molecule has 0 aliphatic rings. The van der Waals surface area contributed by atoms with Gasteiger partial charge in [0.2, 0.25) is 5.78 Å². The Bertz CT molecular complexity index is 636. The van der Waals surface area contributed by atoms with Crippen LogP contribution in [0.3, 0.4) is 0 Å². The molecule has 0 saturated heterocycles. The molecule has 1 rings (SSSR count). The average molecular weight is 293 g/mol. The van der Waals surface area contributed by atoms with Crippen LogP contribution in [-0.4, -0.2) is 22.4 Å². The number of ketones is 1. The molecule has 1 N–H and O–H groups in total. The number of carbonyl (C=O) groups excluding carboxylic acids is 1. The van der Waals surface area contributed by atoms with E-state index in [1.165, 1.54) is 12.2 Å². The summed E-state index contributed by atoms with van der Waals surface area (Å²) in [5.41, 5.74) is -0.803. The summed E-state index contributed by atoms with van der Waals surface area (Å²) in [5.74, 6) is -2.25. The first-order chi connectivity index (χ1) is 9.86. The fourth-order valence-corrected chi connectivity index (χ4v) is 1.40. The van der Waals surface area contributed by atoms with Gasteiger partial charge in [0.05, 0.1) is 16.6 Å². The number of halogens is 1. The van der Waals surface area contributed by atoms with Crippen molar-refractivity contribution in [2.75, 3.05) is 6.61 Å². The van der Waals surface area contributed by atoms with E-state index in [-0.39, 0.29) is 11.3 Å². The minimum atomic E-state index is -1.02. The monoisotopic (exact) mass is 293 g/mol. The van der Waals surface area contributed by atoms with Crippen molar-refractivity contribution >= 4 is 11.5 Å². The summed E-state index contributed by atoms with van der Waals surface area (Å²) in [6.45, 7) is 6.06. The number of rotatable bonds is 7. The lowest BCUT2D eigenvalue weighted by Gasteiger charge is -2.08. The van der Waals surface area contributed by atoms with Crippen molar-refractivity contribution in [3.63, 3.8) is 0 Å². The third kappa shape index (κ3) is 4.27. The maximum atomic E-state index is 13.6. The zero-order valence-electron chi connectivity index (χ0n) is 10.9. The molecule has 1 aromatic carbocycles. The fraction of sp³-hybridized carbons (Fsp3) is 0.0714. The Morgan fingerprint density at radius 1 is 1.52 bits per heavy atom. The van der Waals surface area contributed by atoms with E-state index in [9.17, 15) is 24.4 Å². The lowest BCUT2D eigenvalue weighted by Crippen LogP contribution is -2.11. The number of carbonyl (C=O) groups is 1. The van der Waals surface area contributed by atoms with Gasteiger partial charge in [0.1, 0.15) is 11.6 Å². The molecular formula is C14H12FNO5. The van der Waals surface area contributed by atoms with Gasteiger partial charge in [0, 0.05) is 6.07 Å². The summed E-state index contributed by atoms with van der Waals surface area (Å²) in [6, 6.07) is 2.67. The fourth-order valence-electron chi connectivity index (χ4n) is 1.40. The second kappa shape index (κ2) is 6.99. The van der Waals surface area contributed by atoms with E-state index < -0.39 is 34.6 Å². The molecule has 0 radical (unpaired) electrons. The Hall–Kier alpha value is -2.96. The van der Waals surface area contributed by atoms with Crippen LogP contribution >= 0.6 is 0 Å². The molecule has 0 aliphatic heterocycles. The summed E-state index contributed by atoms with van der Waals surface area (Å²) in [6.07, 6.45) is 2.59. The van der Waals surface area contributed by atoms with Crippen LogP contribution in [0.4, 0.5) is 10.1 Å². The number of benzene rings is 1. The van der Waals surface area contributed by atoms with E-state index in [1.54, 1.807) is 0 Å². The van der Waals surface area contributed by atoms with E-state index in [2.05, 4.69) is 13.2 Å². The van der Waals surface area contributed by atoms with Crippen molar-refractivity contribution in [3.05, 3.63) is 76.5 Å². The van der Waals surface area contributed by atoms with E-state index >= 15 is 0 Å². The standard InChI is InChI=1S/C14H12FNO5/c1-3-4-14(9(2)17)21-8-13(18)11-6-5-10(16(19)20)7-12(11)15/h3-7,17H,1-2,8H2/b14-4+. The van der Waals surface area contributed by atoms with E-state index in [1.807, 2.05) is 0 Å². The highest BCUT2D eigenvalue weighted by Crippen LogP contribution is 2.17. The van der Waals surface area contributed by atoms with Crippen LogP contribution in [0.1, 0.15) is 10.4 Å². The Labute approximate surface area is 119 Å². The zero-order valence-corrected chi connectivity index (χ0v) is 10.9. The molecule has 0 spiro atoms. The number of hydrogen-bond acceptors (Lipinski definition) is 5. The molecule has 6 nitrogen and oxygen atoms in total. The predicted octanol–water partition coefficient (Wildman–Crippen LogP) is 3.07. The molecule has 21 heavy (non-hydrogen) atoms. The first kappa shape index (κ1) is 16.1. The van der Waals surface area contributed by atoms with Gasteiger partial charge < -0.3 is 9.84 Å². The normalized spacial score (nSPS) is 10.8. The molecule has 0 bridgehead atoms. The van der Waals surface area contributed by atoms with Gasteiger partial charge in [0.25, 0.3) is 5.69 Å². The molecule has 7 heteroatoms. The Morgan fingerprint density at radius 3 is 2.67 bits per heavy atom. The van der Waals surface area contributed by atoms with Crippen LogP contribution in [0, 0.1) is 15.9 Å². The molecular weight excluding hydrogens is 281 g/mol. The minimum absolute atomic E-state index is 0.0827. The van der Waals surface area contributed by atoms with Gasteiger partial charge in [-0.15, -0.1) is 0 Å². The van der Waals surface area contributed by atoms with Crippen molar-refractivity contribution in [2.24, 2.45) is 0 Å². The second-order valence-corrected chi connectivity index (χ2v) is 3.85. The zero-order chi connectivity index (χ0) is 16.0. The number of ether oxygens (including phenoxy) is 1. The van der Waals surface area contributed by atoms with Crippen LogP contribution in [0.25, 0.3) is 0 Å². The van der Waals surface area contributed by atoms with Gasteiger partial charge >= 0.3 is 0 Å². The van der Waals surface area contributed by atoms with Crippen molar-refractivity contribution in [3.8, 4) is 0 Å². The molecule has 1 aromatic rings. The van der Waals surface area contributed by atoms with Crippen LogP contribution in [0.15, 0.2) is 55.0 Å². The Balaban J connectivity index is 2.85. The molecule has 0 saturated carbocycles. The number of Topliss-reactive ketones (excluding diaryl/α,β-unsaturated/α-hetero) is 1. The maximum absolute atomic E-state index is 13.6. The predicted molar refractivity (Wildman–Crippen MR) is 73.4 cm³/mol. The number of hydrogen-bond donors (Lipinski definition) is 1. The quantitative estimate of drug-likeness (QED) is 0.274. The maximum Gasteiger partial charge on any atom is 0.272 e. The highest BCUT2D eigenvalue weighted by molar-refractivity contribution is 5.97. The molecule has 0 aliphatic carbocycles. The first-order valence-corrected chi connectivity index (χ1v) is 5.67. The van der Waals surface area contributed by atoms with Gasteiger partial charge in [-0.05, 0) is 12.1 Å². The van der Waals surface area contributed by atoms with Crippen molar-refractivity contribution in [2.45, 2.75) is 0 Å². The lowest BCUT2D eigenvalue weighted by molar-refractivity contribution is -0.385. The molecule has 0 amide bonds. The highest BCUT2D eigenvalue weighted by Gasteiger charge is 2.17. The smallest absolute Gasteiger partial charge is 0.272 e. The SMILES string of the molecule is C=C/C=C(/OCC(=O)c1ccc([N+](=O)[O-])cc1F)C(=C)O. The average Bonchev–Trinajstić information content (AvgIpc) is 2.42. The van der Waals surface area contributed by atoms with Gasteiger partial charge in [-0.2, -0.15) is 0 Å². The molecule has 0 heterocycles. The van der Waals surface area contributed by atoms with Gasteiger partial charge in [-0.3, -0.25) is 14.9 Å². The van der Waals surface area contributed by atoms with E-state index in [4.69, 9.17) is 4.74 Å². The summed E-state index contributed by atoms with van der Waals surface area (Å²) >= 11 is 0. The third-order valence-corrected chi connectivity index (χ3v) is 2.38. The molecule has 110 valence electrons. The van der Waals surface area contributed by atoms with E-state index in [0.717, 1.165) is 12.1 Å². The number of non-ortho nitro benzene ring substituents is 1. The van der Waals surface area contributed by atoms with Crippen LogP contribution in [-0.2, 0) is 4.74 Å². The minimum Gasteiger partial charge on any atom is -0.505 e. The summed E-state index contributed by atoms with van der Waals surface area (Å²) < 4.78 is 18.6. The Kier molecular flexibility index (Phi) is 5.36. The number of aliphatic hydroxyl groups excluding tert-OH is 1. The molecule has 0 fully saturated rings. The van der Waals surface area contributed by atoms with Crippen molar-refractivity contribution in [1.82, 2.24) is 0 Å². The highest BCUT2D eigenvalue weighted by atomic mass is 19.1. The first-order valence-electron chi connectivity index (χ1n) is 5.67. The summed E-state index contributed by atoms with van der Waals surface area (Å²) in [5, 5.41) is 19.7. The number of nitrogens with zero attached hydrogens (tertiary/aromatic N) is 1. The number of allylic oxidation sites excluding steroid dienone is 2. The Morgan fingerprint density at radius 2 is 2.19 bits per heavy atom. The summed E-state index contributed by atoms with van der Waals surface area (Å²) in [4.78, 5) is 21.5. The summed E-state index contributed by atoms with van der Waals surface area (Å²) in [7, 11) is 0. The van der Waals surface area contributed by atoms with Gasteiger partial charge in [-0.1, -0.05) is 19.2 Å². The third-order valence-electron chi connectivity index (χ3n) is 2.38. The number of aliphatic hydroxyl groups is 1. The van der Waals surface area contributed by atoms with Crippen molar-refractivity contribution in [1.29, 1.82) is 0 Å².